The van der Waals surface area contributed by atoms with Gasteiger partial charge in [-0.2, -0.15) is 0 Å². The van der Waals surface area contributed by atoms with E-state index in [-0.39, 0.29) is 17.5 Å². The van der Waals surface area contributed by atoms with Crippen molar-refractivity contribution in [3.8, 4) is 23.0 Å². The van der Waals surface area contributed by atoms with E-state index in [1.807, 2.05) is 31.2 Å². The molecule has 0 saturated heterocycles. The lowest BCUT2D eigenvalue weighted by molar-refractivity contribution is -0.122. The van der Waals surface area contributed by atoms with Crippen molar-refractivity contribution >= 4 is 5.78 Å². The van der Waals surface area contributed by atoms with Crippen LogP contribution >= 0.6 is 0 Å². The molecule has 2 aromatic rings. The zero-order valence-corrected chi connectivity index (χ0v) is 14.7. The maximum atomic E-state index is 12.3. The fourth-order valence-corrected chi connectivity index (χ4v) is 3.18. The van der Waals surface area contributed by atoms with Crippen molar-refractivity contribution < 1.29 is 19.4 Å². The minimum absolute atomic E-state index is 0.0367. The molecule has 4 nitrogen and oxygen atoms in total. The molecule has 0 amide bonds. The minimum Gasteiger partial charge on any atom is -0.504 e. The number of aromatic hydroxyl groups is 1. The number of Topliss-reactive ketones (excluding diaryl/α,β-unsaturated/α-hetero) is 1. The number of hydrogen-bond acceptors (Lipinski definition) is 4. The summed E-state index contributed by atoms with van der Waals surface area (Å²) < 4.78 is 11.3. The van der Waals surface area contributed by atoms with Crippen LogP contribution in [0.4, 0.5) is 0 Å². The van der Waals surface area contributed by atoms with Crippen LogP contribution in [0.3, 0.4) is 0 Å². The van der Waals surface area contributed by atoms with Gasteiger partial charge < -0.3 is 14.6 Å². The van der Waals surface area contributed by atoms with Crippen molar-refractivity contribution in [3.05, 3.63) is 47.5 Å². The molecule has 0 unspecified atom stereocenters. The van der Waals surface area contributed by atoms with Crippen LogP contribution in [0.5, 0.6) is 23.0 Å². The van der Waals surface area contributed by atoms with Crippen LogP contribution in [-0.2, 0) is 17.6 Å². The summed E-state index contributed by atoms with van der Waals surface area (Å²) in [4.78, 5) is 12.3. The van der Waals surface area contributed by atoms with Crippen LogP contribution in [0.2, 0.25) is 0 Å². The molecule has 0 spiro atoms. The van der Waals surface area contributed by atoms with Crippen LogP contribution < -0.4 is 9.47 Å². The molecule has 25 heavy (non-hydrogen) atoms. The molecule has 1 atom stereocenters. The highest BCUT2D eigenvalue weighted by molar-refractivity contribution is 5.80. The van der Waals surface area contributed by atoms with Crippen molar-refractivity contribution in [1.29, 1.82) is 0 Å². The van der Waals surface area contributed by atoms with Gasteiger partial charge in [-0.3, -0.25) is 4.79 Å². The molecule has 1 N–H and O–H groups in total. The molecule has 0 aliphatic carbocycles. The Hall–Kier alpha value is -2.49. The number of methoxy groups -OCH3 is 1. The maximum absolute atomic E-state index is 12.3. The molecule has 4 bridgehead atoms. The molecule has 4 rings (SSSR count). The van der Waals surface area contributed by atoms with Crippen molar-refractivity contribution in [1.82, 2.24) is 0 Å². The van der Waals surface area contributed by atoms with Gasteiger partial charge in [0.15, 0.2) is 23.0 Å². The number of aryl methyl sites for hydroxylation is 1. The zero-order valence-electron chi connectivity index (χ0n) is 14.7. The van der Waals surface area contributed by atoms with Crippen molar-refractivity contribution in [2.24, 2.45) is 5.92 Å². The quantitative estimate of drug-likeness (QED) is 0.820. The van der Waals surface area contributed by atoms with Crippen molar-refractivity contribution in [3.63, 3.8) is 0 Å². The highest BCUT2D eigenvalue weighted by Gasteiger charge is 2.16. The number of ketones is 1. The number of carbonyl (C=O) groups is 1. The standard InChI is InChI=1S/C21H24O4/c1-14-11-16-7-9-18(23)20(13-16)25-19-10-8-15(12-21(19)24-2)5-3-4-6-17(14)22/h7-10,12-14,23H,3-6,11H2,1-2H3/t14-/m1/s1. The monoisotopic (exact) mass is 340 g/mol. The zero-order chi connectivity index (χ0) is 17.8. The van der Waals surface area contributed by atoms with E-state index in [0.29, 0.717) is 30.1 Å². The summed E-state index contributed by atoms with van der Waals surface area (Å²) in [5.74, 6) is 1.90. The van der Waals surface area contributed by atoms with Gasteiger partial charge in [0.25, 0.3) is 0 Å². The molecular formula is C21H24O4. The first-order chi connectivity index (χ1) is 12.1. The number of rotatable bonds is 1. The lowest BCUT2D eigenvalue weighted by Gasteiger charge is -2.14. The van der Waals surface area contributed by atoms with Gasteiger partial charge in [-0.25, -0.2) is 0 Å². The third kappa shape index (κ3) is 4.13. The Morgan fingerprint density at radius 2 is 1.80 bits per heavy atom. The van der Waals surface area contributed by atoms with Crippen LogP contribution in [0.1, 0.15) is 37.3 Å². The van der Waals surface area contributed by atoms with Gasteiger partial charge in [0.2, 0.25) is 0 Å². The molecular weight excluding hydrogens is 316 g/mol. The average molecular weight is 340 g/mol. The third-order valence-corrected chi connectivity index (χ3v) is 4.70. The predicted octanol–water partition coefficient (Wildman–Crippen LogP) is 4.67. The second-order valence-electron chi connectivity index (χ2n) is 6.67. The first kappa shape index (κ1) is 17.3. The topological polar surface area (TPSA) is 55.8 Å². The number of benzene rings is 2. The second-order valence-corrected chi connectivity index (χ2v) is 6.67. The molecule has 2 heterocycles. The van der Waals surface area contributed by atoms with Crippen LogP contribution in [-0.4, -0.2) is 18.0 Å². The summed E-state index contributed by atoms with van der Waals surface area (Å²) in [7, 11) is 1.61. The SMILES string of the molecule is COc1cc2ccc1Oc1cc(ccc1O)C[C@@H](C)C(=O)CCCC2. The summed E-state index contributed by atoms with van der Waals surface area (Å²) >= 11 is 0. The number of carbonyl (C=O) groups excluding carboxylic acids is 1. The van der Waals surface area contributed by atoms with E-state index in [2.05, 4.69) is 0 Å². The van der Waals surface area contributed by atoms with Gasteiger partial charge in [-0.15, -0.1) is 0 Å². The fourth-order valence-electron chi connectivity index (χ4n) is 3.18. The normalized spacial score (nSPS) is 18.2. The van der Waals surface area contributed by atoms with Crippen molar-refractivity contribution in [2.75, 3.05) is 7.11 Å². The summed E-state index contributed by atoms with van der Waals surface area (Å²) in [5, 5.41) is 10.1. The van der Waals surface area contributed by atoms with Gasteiger partial charge in [-0.1, -0.05) is 19.1 Å². The Morgan fingerprint density at radius 1 is 1.04 bits per heavy atom. The summed E-state index contributed by atoms with van der Waals surface area (Å²) in [6.45, 7) is 1.97. The Morgan fingerprint density at radius 3 is 2.60 bits per heavy atom. The molecule has 2 aliphatic rings. The fraction of sp³-hybridized carbons (Fsp3) is 0.381. The summed E-state index contributed by atoms with van der Waals surface area (Å²) in [5.41, 5.74) is 2.12. The molecule has 0 radical (unpaired) electrons. The van der Waals surface area contributed by atoms with Gasteiger partial charge in [0.1, 0.15) is 5.78 Å². The van der Waals surface area contributed by atoms with E-state index < -0.39 is 0 Å². The molecule has 132 valence electrons. The summed E-state index contributed by atoms with van der Waals surface area (Å²) in [6, 6.07) is 11.1. The number of fused-ring (bicyclic) bond motifs is 8. The predicted molar refractivity (Wildman–Crippen MR) is 96.6 cm³/mol. The van der Waals surface area contributed by atoms with Gasteiger partial charge >= 0.3 is 0 Å². The average Bonchev–Trinajstić information content (AvgIpc) is 2.62. The van der Waals surface area contributed by atoms with Crippen LogP contribution in [0, 0.1) is 5.92 Å². The summed E-state index contributed by atoms with van der Waals surface area (Å²) in [6.07, 6.45) is 4.01. The molecule has 2 aromatic carbocycles. The number of phenolic OH excluding ortho intramolecular Hbond substituents is 1. The molecule has 2 aliphatic heterocycles. The number of hydrogen-bond donors (Lipinski definition) is 1. The second kappa shape index (κ2) is 7.60. The maximum Gasteiger partial charge on any atom is 0.169 e. The van der Waals surface area contributed by atoms with E-state index >= 15 is 0 Å². The molecule has 0 saturated carbocycles. The van der Waals surface area contributed by atoms with Gasteiger partial charge in [0.05, 0.1) is 7.11 Å². The van der Waals surface area contributed by atoms with E-state index in [0.717, 1.165) is 30.4 Å². The highest BCUT2D eigenvalue weighted by Crippen LogP contribution is 2.37. The number of phenols is 1. The lowest BCUT2D eigenvalue weighted by atomic mass is 9.93. The van der Waals surface area contributed by atoms with Crippen molar-refractivity contribution in [2.45, 2.75) is 39.0 Å². The van der Waals surface area contributed by atoms with E-state index in [1.165, 1.54) is 0 Å². The lowest BCUT2D eigenvalue weighted by Crippen LogP contribution is -2.13. The first-order valence-electron chi connectivity index (χ1n) is 8.76. The van der Waals surface area contributed by atoms with Crippen LogP contribution in [0.15, 0.2) is 36.4 Å². The third-order valence-electron chi connectivity index (χ3n) is 4.70. The molecule has 0 fully saturated rings. The molecule has 4 heteroatoms. The van der Waals surface area contributed by atoms with E-state index in [1.54, 1.807) is 19.2 Å². The Labute approximate surface area is 148 Å². The molecule has 0 aromatic heterocycles. The minimum atomic E-state index is -0.0367. The largest absolute Gasteiger partial charge is 0.504 e. The van der Waals surface area contributed by atoms with Crippen LogP contribution in [0.25, 0.3) is 0 Å². The van der Waals surface area contributed by atoms with E-state index in [9.17, 15) is 9.90 Å². The number of ether oxygens (including phenoxy) is 2. The van der Waals surface area contributed by atoms with E-state index in [4.69, 9.17) is 9.47 Å². The smallest absolute Gasteiger partial charge is 0.169 e. The Bertz CT molecular complexity index is 766. The first-order valence-corrected chi connectivity index (χ1v) is 8.76. The van der Waals surface area contributed by atoms with Gasteiger partial charge in [0, 0.05) is 12.3 Å². The Kier molecular flexibility index (Phi) is 5.27. The highest BCUT2D eigenvalue weighted by atomic mass is 16.5. The Balaban J connectivity index is 1.99. The van der Waals surface area contributed by atoms with Gasteiger partial charge in [-0.05, 0) is 61.1 Å².